The van der Waals surface area contributed by atoms with Crippen molar-refractivity contribution in [1.82, 2.24) is 4.90 Å². The first-order valence-electron chi connectivity index (χ1n) is 8.76. The highest BCUT2D eigenvalue weighted by Crippen LogP contribution is 2.29. The third-order valence-electron chi connectivity index (χ3n) is 4.10. The molecule has 25 heavy (non-hydrogen) atoms. The van der Waals surface area contributed by atoms with Gasteiger partial charge in [-0.25, -0.2) is 4.79 Å². The second-order valence-corrected chi connectivity index (χ2v) is 8.11. The Bertz CT molecular complexity index is 585. The number of halogens is 1. The van der Waals surface area contributed by atoms with Gasteiger partial charge < -0.3 is 19.1 Å². The van der Waals surface area contributed by atoms with Crippen molar-refractivity contribution in [3.63, 3.8) is 0 Å². The molecular weight excluding hydrogens is 386 g/mol. The number of rotatable bonds is 5. The second kappa shape index (κ2) is 8.79. The predicted molar refractivity (Wildman–Crippen MR) is 101 cm³/mol. The molecule has 0 N–H and O–H groups in total. The van der Waals surface area contributed by atoms with E-state index in [9.17, 15) is 4.79 Å². The molecule has 6 heteroatoms. The van der Waals surface area contributed by atoms with E-state index >= 15 is 0 Å². The number of nitrogens with zero attached hydrogens (tertiary/aromatic N) is 1. The van der Waals surface area contributed by atoms with E-state index in [0.717, 1.165) is 48.2 Å². The molecule has 1 saturated heterocycles. The fourth-order valence-electron chi connectivity index (χ4n) is 2.91. The Hall–Kier alpha value is -1.43. The van der Waals surface area contributed by atoms with Crippen LogP contribution >= 0.6 is 15.9 Å². The summed E-state index contributed by atoms with van der Waals surface area (Å²) in [5, 5.41) is 0. The molecule has 140 valence electrons. The molecule has 1 heterocycles. The first-order chi connectivity index (χ1) is 11.8. The monoisotopic (exact) mass is 413 g/mol. The molecule has 0 radical (unpaired) electrons. The van der Waals surface area contributed by atoms with Gasteiger partial charge >= 0.3 is 6.09 Å². The van der Waals surface area contributed by atoms with Crippen LogP contribution in [-0.2, 0) is 4.74 Å². The number of carbonyl (C=O) groups excluding carboxylic acids is 1. The van der Waals surface area contributed by atoms with Crippen molar-refractivity contribution >= 4 is 22.0 Å². The summed E-state index contributed by atoms with van der Waals surface area (Å²) in [4.78, 5) is 14.3. The summed E-state index contributed by atoms with van der Waals surface area (Å²) in [5.41, 5.74) is -0.467. The van der Waals surface area contributed by atoms with E-state index in [-0.39, 0.29) is 12.1 Å². The van der Waals surface area contributed by atoms with E-state index in [4.69, 9.17) is 14.2 Å². The molecule has 0 aliphatic carbocycles. The average molecular weight is 414 g/mol. The van der Waals surface area contributed by atoms with E-state index in [2.05, 4.69) is 15.9 Å². The van der Waals surface area contributed by atoms with Gasteiger partial charge in [0.1, 0.15) is 17.1 Å². The van der Waals surface area contributed by atoms with Gasteiger partial charge in [0.25, 0.3) is 0 Å². The zero-order chi connectivity index (χ0) is 18.4. The molecule has 1 aliphatic rings. The quantitative estimate of drug-likeness (QED) is 0.679. The molecule has 1 aliphatic heterocycles. The molecule has 1 atom stereocenters. The van der Waals surface area contributed by atoms with Gasteiger partial charge in [0.15, 0.2) is 0 Å². The van der Waals surface area contributed by atoms with Gasteiger partial charge in [0, 0.05) is 19.0 Å². The van der Waals surface area contributed by atoms with Gasteiger partial charge in [0.2, 0.25) is 0 Å². The summed E-state index contributed by atoms with van der Waals surface area (Å²) in [6.45, 7) is 7.01. The van der Waals surface area contributed by atoms with E-state index < -0.39 is 5.60 Å². The standard InChI is InChI=1S/C19H28BrNO4/c1-19(2,3)25-18(22)21-11-6-5-7-14(21)10-12-24-15-8-9-17(23-4)16(20)13-15/h8-9,13-14H,5-7,10-12H2,1-4H3. The molecule has 1 fully saturated rings. The highest BCUT2D eigenvalue weighted by molar-refractivity contribution is 9.10. The predicted octanol–water partition coefficient (Wildman–Crippen LogP) is 5.02. The Labute approximate surface area is 158 Å². The summed E-state index contributed by atoms with van der Waals surface area (Å²) in [6.07, 6.45) is 3.74. The molecule has 5 nitrogen and oxygen atoms in total. The van der Waals surface area contributed by atoms with Crippen molar-refractivity contribution in [3.05, 3.63) is 22.7 Å². The van der Waals surface area contributed by atoms with Crippen LogP contribution in [0.2, 0.25) is 0 Å². The fourth-order valence-corrected chi connectivity index (χ4v) is 3.43. The molecule has 0 saturated carbocycles. The molecule has 0 bridgehead atoms. The lowest BCUT2D eigenvalue weighted by Crippen LogP contribution is -2.46. The van der Waals surface area contributed by atoms with Crippen LogP contribution in [0.1, 0.15) is 46.5 Å². The Morgan fingerprint density at radius 2 is 2.08 bits per heavy atom. The number of ether oxygens (including phenoxy) is 3. The molecule has 1 amide bonds. The summed E-state index contributed by atoms with van der Waals surface area (Å²) in [5.74, 6) is 1.56. The highest BCUT2D eigenvalue weighted by atomic mass is 79.9. The Balaban J connectivity index is 1.89. The number of amides is 1. The van der Waals surface area contributed by atoms with E-state index in [1.165, 1.54) is 0 Å². The highest BCUT2D eigenvalue weighted by Gasteiger charge is 2.30. The summed E-state index contributed by atoms with van der Waals surface area (Å²) in [6, 6.07) is 5.82. The van der Waals surface area contributed by atoms with Crippen molar-refractivity contribution in [1.29, 1.82) is 0 Å². The number of carbonyl (C=O) groups is 1. The zero-order valence-corrected chi connectivity index (χ0v) is 17.1. The maximum absolute atomic E-state index is 12.4. The van der Waals surface area contributed by atoms with Gasteiger partial charge in [-0.15, -0.1) is 0 Å². The van der Waals surface area contributed by atoms with E-state index in [1.807, 2.05) is 43.9 Å². The van der Waals surface area contributed by atoms with Crippen molar-refractivity contribution in [3.8, 4) is 11.5 Å². The Morgan fingerprint density at radius 3 is 2.72 bits per heavy atom. The molecular formula is C19H28BrNO4. The minimum absolute atomic E-state index is 0.172. The van der Waals surface area contributed by atoms with E-state index in [1.54, 1.807) is 7.11 Å². The molecule has 1 aromatic rings. The molecule has 1 aromatic carbocycles. The SMILES string of the molecule is COc1ccc(OCCC2CCCCN2C(=O)OC(C)(C)C)cc1Br. The molecule has 2 rings (SSSR count). The minimum atomic E-state index is -0.467. The van der Waals surface area contributed by atoms with Gasteiger partial charge in [-0.3, -0.25) is 0 Å². The summed E-state index contributed by atoms with van der Waals surface area (Å²) in [7, 11) is 1.63. The lowest BCUT2D eigenvalue weighted by molar-refractivity contribution is 0.00743. The maximum atomic E-state index is 12.4. The van der Waals surface area contributed by atoms with E-state index in [0.29, 0.717) is 6.61 Å². The van der Waals surface area contributed by atoms with Crippen LogP contribution in [0.25, 0.3) is 0 Å². The van der Waals surface area contributed by atoms with Crippen molar-refractivity contribution in [2.75, 3.05) is 20.3 Å². The number of piperidine rings is 1. The largest absolute Gasteiger partial charge is 0.496 e. The number of methoxy groups -OCH3 is 1. The van der Waals surface area contributed by atoms with Crippen molar-refractivity contribution in [2.24, 2.45) is 0 Å². The lowest BCUT2D eigenvalue weighted by Gasteiger charge is -2.36. The van der Waals surface area contributed by atoms with Gasteiger partial charge in [-0.05, 0) is 74.2 Å². The van der Waals surface area contributed by atoms with Crippen LogP contribution in [0.4, 0.5) is 4.79 Å². The fraction of sp³-hybridized carbons (Fsp3) is 0.632. The summed E-state index contributed by atoms with van der Waals surface area (Å²) < 4.78 is 17.5. The smallest absolute Gasteiger partial charge is 0.410 e. The van der Waals surface area contributed by atoms with Crippen LogP contribution in [-0.4, -0.2) is 42.9 Å². The first kappa shape index (κ1) is 19.9. The molecule has 0 aromatic heterocycles. The van der Waals surface area contributed by atoms with Crippen LogP contribution in [0.5, 0.6) is 11.5 Å². The first-order valence-corrected chi connectivity index (χ1v) is 9.55. The number of benzene rings is 1. The lowest BCUT2D eigenvalue weighted by atomic mass is 10.0. The van der Waals surface area contributed by atoms with Gasteiger partial charge in [-0.1, -0.05) is 0 Å². The Kier molecular flexibility index (Phi) is 6.99. The third kappa shape index (κ3) is 6.10. The summed E-state index contributed by atoms with van der Waals surface area (Å²) >= 11 is 3.46. The van der Waals surface area contributed by atoms with Crippen LogP contribution < -0.4 is 9.47 Å². The number of likely N-dealkylation sites (tertiary alicyclic amines) is 1. The van der Waals surface area contributed by atoms with Crippen LogP contribution in [0.15, 0.2) is 22.7 Å². The molecule has 1 unspecified atom stereocenters. The van der Waals surface area contributed by atoms with Crippen LogP contribution in [0.3, 0.4) is 0 Å². The van der Waals surface area contributed by atoms with Gasteiger partial charge in [0.05, 0.1) is 18.2 Å². The Morgan fingerprint density at radius 1 is 1.32 bits per heavy atom. The maximum Gasteiger partial charge on any atom is 0.410 e. The van der Waals surface area contributed by atoms with Crippen molar-refractivity contribution < 1.29 is 19.0 Å². The third-order valence-corrected chi connectivity index (χ3v) is 4.72. The minimum Gasteiger partial charge on any atom is -0.496 e. The average Bonchev–Trinajstić information content (AvgIpc) is 2.54. The van der Waals surface area contributed by atoms with Gasteiger partial charge in [-0.2, -0.15) is 0 Å². The van der Waals surface area contributed by atoms with Crippen LogP contribution in [0, 0.1) is 0 Å². The van der Waals surface area contributed by atoms with Crippen molar-refractivity contribution in [2.45, 2.75) is 58.1 Å². The zero-order valence-electron chi connectivity index (χ0n) is 15.5. The second-order valence-electron chi connectivity index (χ2n) is 7.26. The number of hydrogen-bond acceptors (Lipinski definition) is 4. The molecule has 0 spiro atoms. The normalized spacial score (nSPS) is 18.0. The number of hydrogen-bond donors (Lipinski definition) is 0. The topological polar surface area (TPSA) is 48.0 Å².